The molecule has 2 aromatic heterocycles. The Labute approximate surface area is 125 Å². The summed E-state index contributed by atoms with van der Waals surface area (Å²) < 4.78 is 6.79. The number of nitrogens with one attached hydrogen (secondary N) is 1. The number of hydrogen-bond acceptors (Lipinski definition) is 7. The van der Waals surface area contributed by atoms with Gasteiger partial charge in [-0.1, -0.05) is 0 Å². The van der Waals surface area contributed by atoms with Crippen LogP contribution in [0.15, 0.2) is 16.1 Å². The SMILES string of the molecule is CN(C)/C=N/c1nc2c(ncn2COC(CO)CO)c(=O)[nH]1. The van der Waals surface area contributed by atoms with Crippen LogP contribution >= 0.6 is 0 Å². The summed E-state index contributed by atoms with van der Waals surface area (Å²) in [6, 6.07) is 0. The van der Waals surface area contributed by atoms with Gasteiger partial charge in [-0.2, -0.15) is 4.98 Å². The Morgan fingerprint density at radius 1 is 1.50 bits per heavy atom. The Bertz CT molecular complexity index is 703. The number of hydrogen-bond donors (Lipinski definition) is 3. The molecule has 10 heteroatoms. The minimum atomic E-state index is -0.703. The minimum absolute atomic E-state index is 0.00439. The van der Waals surface area contributed by atoms with Gasteiger partial charge in [0.25, 0.3) is 5.56 Å². The van der Waals surface area contributed by atoms with Gasteiger partial charge < -0.3 is 19.8 Å². The average Bonchev–Trinajstić information content (AvgIpc) is 2.90. The quantitative estimate of drug-likeness (QED) is 0.427. The molecule has 0 unspecified atom stereocenters. The molecule has 2 aromatic rings. The lowest BCUT2D eigenvalue weighted by Gasteiger charge is -2.12. The number of rotatable bonds is 7. The molecule has 0 fully saturated rings. The molecular formula is C12H18N6O4. The van der Waals surface area contributed by atoms with Crippen LogP contribution in [0.1, 0.15) is 0 Å². The Hall–Kier alpha value is -2.30. The molecule has 0 aliphatic heterocycles. The van der Waals surface area contributed by atoms with Crippen LogP contribution in [0, 0.1) is 0 Å². The van der Waals surface area contributed by atoms with Gasteiger partial charge in [0.05, 0.1) is 25.9 Å². The fraction of sp³-hybridized carbons (Fsp3) is 0.500. The average molecular weight is 310 g/mol. The zero-order valence-corrected chi connectivity index (χ0v) is 12.3. The molecule has 0 aliphatic rings. The maximum atomic E-state index is 11.9. The van der Waals surface area contributed by atoms with E-state index < -0.39 is 11.7 Å². The van der Waals surface area contributed by atoms with Gasteiger partial charge in [0, 0.05) is 14.1 Å². The number of ether oxygens (including phenoxy) is 1. The van der Waals surface area contributed by atoms with Gasteiger partial charge >= 0.3 is 0 Å². The van der Waals surface area contributed by atoms with E-state index in [0.717, 1.165) is 0 Å². The van der Waals surface area contributed by atoms with Gasteiger partial charge in [-0.25, -0.2) is 9.98 Å². The maximum absolute atomic E-state index is 11.9. The Morgan fingerprint density at radius 3 is 2.86 bits per heavy atom. The summed E-state index contributed by atoms with van der Waals surface area (Å²) in [5, 5.41) is 17.9. The van der Waals surface area contributed by atoms with Crippen molar-refractivity contribution in [2.45, 2.75) is 12.8 Å². The van der Waals surface area contributed by atoms with Crippen molar-refractivity contribution in [3.63, 3.8) is 0 Å². The molecule has 0 atom stereocenters. The first kappa shape index (κ1) is 16.1. The van der Waals surface area contributed by atoms with E-state index >= 15 is 0 Å². The fourth-order valence-corrected chi connectivity index (χ4v) is 1.62. The zero-order valence-electron chi connectivity index (χ0n) is 12.3. The topological polar surface area (TPSA) is 129 Å². The molecule has 0 bridgehead atoms. The second-order valence-corrected chi connectivity index (χ2v) is 4.77. The van der Waals surface area contributed by atoms with E-state index in [-0.39, 0.29) is 31.4 Å². The predicted molar refractivity (Wildman–Crippen MR) is 79.0 cm³/mol. The molecule has 2 rings (SSSR count). The van der Waals surface area contributed by atoms with Crippen LogP contribution in [-0.4, -0.2) is 74.4 Å². The number of nitrogens with zero attached hydrogens (tertiary/aromatic N) is 5. The van der Waals surface area contributed by atoms with Crippen molar-refractivity contribution in [3.05, 3.63) is 16.7 Å². The third-order valence-electron chi connectivity index (χ3n) is 2.73. The van der Waals surface area contributed by atoms with E-state index in [1.54, 1.807) is 19.0 Å². The Morgan fingerprint density at radius 2 is 2.23 bits per heavy atom. The first-order valence-corrected chi connectivity index (χ1v) is 6.54. The van der Waals surface area contributed by atoms with Gasteiger partial charge in [0.1, 0.15) is 12.8 Å². The van der Waals surface area contributed by atoms with Crippen molar-refractivity contribution in [1.82, 2.24) is 24.4 Å². The fourth-order valence-electron chi connectivity index (χ4n) is 1.62. The highest BCUT2D eigenvalue weighted by molar-refractivity contribution is 5.71. The normalized spacial score (nSPS) is 11.9. The lowest BCUT2D eigenvalue weighted by Crippen LogP contribution is -2.23. The summed E-state index contributed by atoms with van der Waals surface area (Å²) in [7, 11) is 3.59. The molecule has 0 amide bonds. The number of aliphatic hydroxyl groups excluding tert-OH is 2. The van der Waals surface area contributed by atoms with E-state index in [9.17, 15) is 4.79 Å². The molecule has 10 nitrogen and oxygen atoms in total. The Kier molecular flexibility index (Phi) is 5.20. The van der Waals surface area contributed by atoms with Crippen LogP contribution in [0.5, 0.6) is 0 Å². The molecule has 0 spiro atoms. The van der Waals surface area contributed by atoms with Gasteiger partial charge in [0.15, 0.2) is 11.2 Å². The van der Waals surface area contributed by atoms with Crippen molar-refractivity contribution >= 4 is 23.5 Å². The number of aromatic amines is 1. The molecule has 0 radical (unpaired) electrons. The number of aliphatic hydroxyl groups is 2. The molecule has 0 aromatic carbocycles. The Balaban J connectivity index is 2.30. The van der Waals surface area contributed by atoms with E-state index in [1.165, 1.54) is 17.2 Å². The second-order valence-electron chi connectivity index (χ2n) is 4.77. The minimum Gasteiger partial charge on any atom is -0.394 e. The number of fused-ring (bicyclic) bond motifs is 1. The van der Waals surface area contributed by atoms with Crippen LogP contribution in [0.2, 0.25) is 0 Å². The van der Waals surface area contributed by atoms with Gasteiger partial charge in [-0.3, -0.25) is 14.3 Å². The highest BCUT2D eigenvalue weighted by Crippen LogP contribution is 2.10. The summed E-state index contributed by atoms with van der Waals surface area (Å²) in [5.41, 5.74) is 0.0664. The van der Waals surface area contributed by atoms with Crippen LogP contribution in [0.25, 0.3) is 11.2 Å². The van der Waals surface area contributed by atoms with E-state index in [1.807, 2.05) is 0 Å². The number of H-pyrrole nitrogens is 1. The van der Waals surface area contributed by atoms with Crippen LogP contribution < -0.4 is 5.56 Å². The van der Waals surface area contributed by atoms with E-state index in [0.29, 0.717) is 5.65 Å². The first-order chi connectivity index (χ1) is 10.5. The van der Waals surface area contributed by atoms with Gasteiger partial charge in [-0.15, -0.1) is 0 Å². The lowest BCUT2D eigenvalue weighted by atomic mass is 10.4. The molecule has 3 N–H and O–H groups in total. The monoisotopic (exact) mass is 310 g/mol. The third-order valence-corrected chi connectivity index (χ3v) is 2.73. The number of aliphatic imine (C=N–C) groups is 1. The van der Waals surface area contributed by atoms with E-state index in [2.05, 4.69) is 19.9 Å². The summed E-state index contributed by atoms with van der Waals surface area (Å²) >= 11 is 0. The molecule has 0 aliphatic carbocycles. The van der Waals surface area contributed by atoms with E-state index in [4.69, 9.17) is 14.9 Å². The van der Waals surface area contributed by atoms with Gasteiger partial charge in [0.2, 0.25) is 5.95 Å². The smallest absolute Gasteiger partial charge is 0.280 e. The summed E-state index contributed by atoms with van der Waals surface area (Å²) in [5.74, 6) is 0.147. The van der Waals surface area contributed by atoms with Gasteiger partial charge in [-0.05, 0) is 0 Å². The molecule has 22 heavy (non-hydrogen) atoms. The van der Waals surface area contributed by atoms with Crippen molar-refractivity contribution in [2.75, 3.05) is 27.3 Å². The summed E-state index contributed by atoms with van der Waals surface area (Å²) in [6.45, 7) is -0.624. The van der Waals surface area contributed by atoms with Crippen molar-refractivity contribution in [1.29, 1.82) is 0 Å². The zero-order chi connectivity index (χ0) is 16.1. The number of aromatic nitrogens is 4. The molecule has 0 saturated heterocycles. The van der Waals surface area contributed by atoms with Crippen molar-refractivity contribution < 1.29 is 14.9 Å². The third kappa shape index (κ3) is 3.67. The second kappa shape index (κ2) is 7.11. The van der Waals surface area contributed by atoms with Crippen LogP contribution in [0.4, 0.5) is 5.95 Å². The summed E-state index contributed by atoms with van der Waals surface area (Å²) in [4.78, 5) is 28.4. The van der Waals surface area contributed by atoms with Crippen LogP contribution in [-0.2, 0) is 11.5 Å². The predicted octanol–water partition coefficient (Wildman–Crippen LogP) is -1.33. The molecule has 2 heterocycles. The highest BCUT2D eigenvalue weighted by atomic mass is 16.5. The maximum Gasteiger partial charge on any atom is 0.280 e. The molecule has 0 saturated carbocycles. The summed E-state index contributed by atoms with van der Waals surface area (Å²) in [6.07, 6.45) is 2.21. The van der Waals surface area contributed by atoms with Crippen molar-refractivity contribution in [2.24, 2.45) is 4.99 Å². The lowest BCUT2D eigenvalue weighted by molar-refractivity contribution is -0.0488. The van der Waals surface area contributed by atoms with Crippen molar-refractivity contribution in [3.8, 4) is 0 Å². The standard InChI is InChI=1S/C12H18N6O4/c1-17(2)5-14-12-15-10-9(11(21)16-12)13-6-18(10)7-22-8(3-19)4-20/h5-6,8,19-20H,3-4,7H2,1-2H3,(H,15,16,21)/b14-5+. The first-order valence-electron chi connectivity index (χ1n) is 6.54. The highest BCUT2D eigenvalue weighted by Gasteiger charge is 2.12. The van der Waals surface area contributed by atoms with Crippen LogP contribution in [0.3, 0.4) is 0 Å². The molecular weight excluding hydrogens is 292 g/mol. The number of imidazole rings is 1. The molecule has 120 valence electrons. The largest absolute Gasteiger partial charge is 0.394 e.